The highest BCUT2D eigenvalue weighted by molar-refractivity contribution is 14.2. The van der Waals surface area contributed by atoms with Gasteiger partial charge in [0.25, 0.3) is 0 Å². The fourth-order valence-electron chi connectivity index (χ4n) is 2.36. The maximum absolute atomic E-state index is 2.71. The molecule has 0 atom stereocenters. The van der Waals surface area contributed by atoms with E-state index in [-0.39, 0.29) is 0 Å². The Balaban J connectivity index is 2.24. The molecule has 0 aromatic heterocycles. The van der Waals surface area contributed by atoms with E-state index in [1.807, 2.05) is 0 Å². The van der Waals surface area contributed by atoms with Crippen LogP contribution in [0.25, 0.3) is 0 Å². The summed E-state index contributed by atoms with van der Waals surface area (Å²) in [7, 11) is 0. The van der Waals surface area contributed by atoms with Gasteiger partial charge in [-0.05, 0) is 50.8 Å². The van der Waals surface area contributed by atoms with E-state index in [1.165, 1.54) is 15.9 Å². The molecule has 0 saturated heterocycles. The van der Waals surface area contributed by atoms with E-state index in [2.05, 4.69) is 82.8 Å². The van der Waals surface area contributed by atoms with Crippen molar-refractivity contribution < 1.29 is 0 Å². The SMILES string of the molecule is IP(C1=CCC=C1)(C1=CCC=C1)=C1C=CC=C1. The molecule has 0 saturated carbocycles. The fourth-order valence-corrected chi connectivity index (χ4v) is 8.29. The molecule has 0 aliphatic heterocycles. The first-order valence-electron chi connectivity index (χ1n) is 5.87. The van der Waals surface area contributed by atoms with Crippen molar-refractivity contribution in [1.29, 1.82) is 0 Å². The molecule has 17 heavy (non-hydrogen) atoms. The van der Waals surface area contributed by atoms with E-state index in [0.717, 1.165) is 12.8 Å². The Labute approximate surface area is 116 Å². The lowest BCUT2D eigenvalue weighted by atomic mass is 10.5. The molecule has 0 bridgehead atoms. The van der Waals surface area contributed by atoms with Crippen molar-refractivity contribution >= 4 is 31.9 Å². The molecule has 0 aromatic rings. The highest BCUT2D eigenvalue weighted by Gasteiger charge is 2.26. The van der Waals surface area contributed by atoms with Gasteiger partial charge in [-0.15, -0.1) is 0 Å². The molecule has 2 heteroatoms. The van der Waals surface area contributed by atoms with Gasteiger partial charge in [0.1, 0.15) is 0 Å². The fraction of sp³-hybridized carbons (Fsp3) is 0.133. The van der Waals surface area contributed by atoms with Crippen LogP contribution >= 0.6 is 26.6 Å². The second kappa shape index (κ2) is 4.62. The third kappa shape index (κ3) is 1.90. The van der Waals surface area contributed by atoms with E-state index < -0.39 is 4.53 Å². The Morgan fingerprint density at radius 3 is 1.76 bits per heavy atom. The summed E-state index contributed by atoms with van der Waals surface area (Å²) < 4.78 is -1.35. The van der Waals surface area contributed by atoms with Crippen LogP contribution in [0, 0.1) is 0 Å². The summed E-state index contributed by atoms with van der Waals surface area (Å²) in [4.78, 5) is 0. The minimum atomic E-state index is -1.35. The molecular weight excluding hydrogens is 338 g/mol. The molecule has 86 valence electrons. The lowest BCUT2D eigenvalue weighted by molar-refractivity contribution is 1.45. The molecule has 3 aliphatic rings. The van der Waals surface area contributed by atoms with Crippen molar-refractivity contribution in [2.45, 2.75) is 12.8 Å². The number of halogens is 1. The number of rotatable bonds is 2. The molecule has 3 rings (SSSR count). The number of hydrogen-bond acceptors (Lipinski definition) is 0. The van der Waals surface area contributed by atoms with Crippen molar-refractivity contribution in [3.8, 4) is 0 Å². The van der Waals surface area contributed by atoms with Gasteiger partial charge in [0, 0.05) is 4.53 Å². The molecule has 0 spiro atoms. The van der Waals surface area contributed by atoms with Gasteiger partial charge in [0.2, 0.25) is 0 Å². The smallest absolute Gasteiger partial charge is 0.0136 e. The molecule has 0 fully saturated rings. The standard InChI is InChI=1S/C15H14IP/c16-17(13-7-1-2-8-13,14-9-3-4-10-14)15-11-5-6-12-15/h1-3,5,7-12H,4,6H2. The second-order valence-electron chi connectivity index (χ2n) is 4.27. The van der Waals surface area contributed by atoms with E-state index in [0.29, 0.717) is 0 Å². The van der Waals surface area contributed by atoms with Gasteiger partial charge in [-0.1, -0.05) is 60.8 Å². The van der Waals surface area contributed by atoms with Crippen LogP contribution < -0.4 is 0 Å². The largest absolute Gasteiger partial charge is 0.0801 e. The zero-order chi connectivity index (χ0) is 11.7. The summed E-state index contributed by atoms with van der Waals surface area (Å²) in [5.74, 6) is 0. The molecule has 3 aliphatic carbocycles. The Kier molecular flexibility index (Phi) is 3.14. The van der Waals surface area contributed by atoms with Crippen LogP contribution in [0.15, 0.2) is 71.4 Å². The highest BCUT2D eigenvalue weighted by Crippen LogP contribution is 2.73. The predicted molar refractivity (Wildman–Crippen MR) is 87.9 cm³/mol. The quantitative estimate of drug-likeness (QED) is 0.465. The van der Waals surface area contributed by atoms with Crippen molar-refractivity contribution in [1.82, 2.24) is 0 Å². The van der Waals surface area contributed by atoms with Gasteiger partial charge in [-0.3, -0.25) is 0 Å². The third-order valence-corrected chi connectivity index (χ3v) is 11.3. The zero-order valence-electron chi connectivity index (χ0n) is 9.51. The first kappa shape index (κ1) is 11.6. The van der Waals surface area contributed by atoms with Gasteiger partial charge in [0.15, 0.2) is 0 Å². The predicted octanol–water partition coefficient (Wildman–Crippen LogP) is 5.34. The van der Waals surface area contributed by atoms with E-state index in [1.54, 1.807) is 0 Å². The van der Waals surface area contributed by atoms with Crippen LogP contribution in [-0.4, -0.2) is 5.29 Å². The Morgan fingerprint density at radius 2 is 1.35 bits per heavy atom. The molecule has 0 heterocycles. The molecule has 0 N–H and O–H groups in total. The highest BCUT2D eigenvalue weighted by atomic mass is 127. The van der Waals surface area contributed by atoms with Gasteiger partial charge >= 0.3 is 0 Å². The number of allylic oxidation sites excluding steroid dienone is 12. The molecule has 0 aromatic carbocycles. The van der Waals surface area contributed by atoms with Gasteiger partial charge in [-0.25, -0.2) is 0 Å². The minimum Gasteiger partial charge on any atom is -0.0801 e. The van der Waals surface area contributed by atoms with E-state index >= 15 is 0 Å². The van der Waals surface area contributed by atoms with Crippen molar-refractivity contribution in [2.75, 3.05) is 0 Å². The Hall–Kier alpha value is -0.530. The second-order valence-corrected chi connectivity index (χ2v) is 11.3. The molecule has 0 unspecified atom stereocenters. The number of hydrogen-bond donors (Lipinski definition) is 0. The van der Waals surface area contributed by atoms with Crippen molar-refractivity contribution in [2.24, 2.45) is 0 Å². The van der Waals surface area contributed by atoms with E-state index in [9.17, 15) is 0 Å². The van der Waals surface area contributed by atoms with Crippen LogP contribution in [0.5, 0.6) is 0 Å². The molecule has 0 amide bonds. The zero-order valence-corrected chi connectivity index (χ0v) is 12.6. The first-order valence-corrected chi connectivity index (χ1v) is 10.4. The summed E-state index contributed by atoms with van der Waals surface area (Å²) in [5, 5.41) is 4.55. The lowest BCUT2D eigenvalue weighted by Gasteiger charge is -2.23. The average Bonchev–Trinajstić information content (AvgIpc) is 3.10. The Bertz CT molecular complexity index is 532. The van der Waals surface area contributed by atoms with Crippen LogP contribution in [0.4, 0.5) is 0 Å². The van der Waals surface area contributed by atoms with Crippen LogP contribution in [0.1, 0.15) is 12.8 Å². The summed E-state index contributed by atoms with van der Waals surface area (Å²) in [6.45, 7) is 0. The minimum absolute atomic E-state index is 1.10. The maximum atomic E-state index is 2.71. The van der Waals surface area contributed by atoms with Crippen molar-refractivity contribution in [3.63, 3.8) is 0 Å². The molecular formula is C15H14IP. The Morgan fingerprint density at radius 1 is 0.824 bits per heavy atom. The van der Waals surface area contributed by atoms with Gasteiger partial charge in [0.05, 0.1) is 0 Å². The average molecular weight is 352 g/mol. The van der Waals surface area contributed by atoms with Gasteiger partial charge < -0.3 is 0 Å². The van der Waals surface area contributed by atoms with Crippen LogP contribution in [-0.2, 0) is 0 Å². The summed E-state index contributed by atoms with van der Waals surface area (Å²) in [5.41, 5.74) is 0. The molecule has 0 radical (unpaired) electrons. The normalized spacial score (nSPS) is 21.6. The topological polar surface area (TPSA) is 0 Å². The summed E-state index contributed by atoms with van der Waals surface area (Å²) in [6.07, 6.45) is 25.0. The third-order valence-electron chi connectivity index (χ3n) is 3.22. The lowest BCUT2D eigenvalue weighted by Crippen LogP contribution is -1.92. The maximum Gasteiger partial charge on any atom is 0.0136 e. The van der Waals surface area contributed by atoms with E-state index in [4.69, 9.17) is 0 Å². The van der Waals surface area contributed by atoms with Crippen LogP contribution in [0.2, 0.25) is 0 Å². The van der Waals surface area contributed by atoms with Crippen LogP contribution in [0.3, 0.4) is 0 Å². The van der Waals surface area contributed by atoms with Crippen molar-refractivity contribution in [3.05, 3.63) is 71.4 Å². The molecule has 0 nitrogen and oxygen atoms in total. The summed E-state index contributed by atoms with van der Waals surface area (Å²) >= 11 is 2.71. The first-order chi connectivity index (χ1) is 8.32. The monoisotopic (exact) mass is 352 g/mol. The van der Waals surface area contributed by atoms with Gasteiger partial charge in [-0.2, -0.15) is 0 Å². The summed E-state index contributed by atoms with van der Waals surface area (Å²) in [6, 6.07) is 0.